The van der Waals surface area contributed by atoms with E-state index in [-0.39, 0.29) is 23.4 Å². The van der Waals surface area contributed by atoms with E-state index in [1.807, 2.05) is 24.3 Å². The van der Waals surface area contributed by atoms with Crippen LogP contribution < -0.4 is 9.64 Å². The molecular formula is C28H27ClN2O4. The van der Waals surface area contributed by atoms with Gasteiger partial charge in [0.2, 0.25) is 0 Å². The number of carbonyl (C=O) groups is 2. The van der Waals surface area contributed by atoms with E-state index in [2.05, 4.69) is 11.9 Å². The smallest absolute Gasteiger partial charge is 0.274 e. The number of amides is 1. The fraction of sp³-hybridized carbons (Fsp3) is 0.286. The van der Waals surface area contributed by atoms with Crippen molar-refractivity contribution < 1.29 is 19.4 Å². The van der Waals surface area contributed by atoms with E-state index in [9.17, 15) is 14.7 Å². The molecule has 1 aliphatic heterocycles. The van der Waals surface area contributed by atoms with E-state index in [0.717, 1.165) is 34.7 Å². The van der Waals surface area contributed by atoms with Gasteiger partial charge in [-0.1, -0.05) is 25.5 Å². The number of aromatic nitrogens is 1. The Morgan fingerprint density at radius 3 is 2.66 bits per heavy atom. The van der Waals surface area contributed by atoms with Crippen molar-refractivity contribution in [1.29, 1.82) is 0 Å². The third-order valence-corrected chi connectivity index (χ3v) is 7.23. The molecule has 0 aliphatic carbocycles. The molecule has 6 nitrogen and oxygen atoms in total. The molecule has 5 rings (SSSR count). The maximum absolute atomic E-state index is 13.8. The predicted octanol–water partition coefficient (Wildman–Crippen LogP) is 6.17. The molecule has 3 aromatic carbocycles. The second kappa shape index (κ2) is 8.93. The molecule has 2 heterocycles. The van der Waals surface area contributed by atoms with Gasteiger partial charge in [-0.25, -0.2) is 0 Å². The summed E-state index contributed by atoms with van der Waals surface area (Å²) < 4.78 is 5.40. The summed E-state index contributed by atoms with van der Waals surface area (Å²) in [5.74, 6) is 0.726. The van der Waals surface area contributed by atoms with E-state index in [0.29, 0.717) is 46.0 Å². The number of alkyl halides is 1. The second-order valence-electron chi connectivity index (χ2n) is 9.06. The molecule has 0 saturated heterocycles. The van der Waals surface area contributed by atoms with Crippen LogP contribution in [0.15, 0.2) is 42.5 Å². The van der Waals surface area contributed by atoms with Crippen molar-refractivity contribution in [1.82, 2.24) is 4.98 Å². The molecular weight excluding hydrogens is 464 g/mol. The average molecular weight is 491 g/mol. The summed E-state index contributed by atoms with van der Waals surface area (Å²) in [6, 6.07) is 12.8. The third-order valence-electron chi connectivity index (χ3n) is 6.86. The number of ether oxygens (including phenoxy) is 1. The van der Waals surface area contributed by atoms with Crippen LogP contribution >= 0.6 is 11.6 Å². The number of aromatic hydroxyl groups is 1. The first-order valence-electron chi connectivity index (χ1n) is 11.7. The van der Waals surface area contributed by atoms with Gasteiger partial charge in [-0.15, -0.1) is 11.6 Å². The highest BCUT2D eigenvalue weighted by Gasteiger charge is 2.35. The molecule has 1 aliphatic rings. The molecule has 2 N–H and O–H groups in total. The van der Waals surface area contributed by atoms with Gasteiger partial charge in [0, 0.05) is 40.7 Å². The van der Waals surface area contributed by atoms with Gasteiger partial charge in [0.15, 0.2) is 5.78 Å². The van der Waals surface area contributed by atoms with Gasteiger partial charge in [-0.2, -0.15) is 0 Å². The summed E-state index contributed by atoms with van der Waals surface area (Å²) in [6.45, 7) is 4.02. The molecule has 0 radical (unpaired) electrons. The molecule has 35 heavy (non-hydrogen) atoms. The van der Waals surface area contributed by atoms with Gasteiger partial charge in [0.1, 0.15) is 17.2 Å². The number of phenols is 1. The Labute approximate surface area is 208 Å². The molecule has 0 unspecified atom stereocenters. The van der Waals surface area contributed by atoms with E-state index >= 15 is 0 Å². The zero-order valence-electron chi connectivity index (χ0n) is 19.9. The standard InChI is InChI=1S/C28H27ClN2O4/c1-4-5-16-6-7-17-10-22(30-27(17)25(16)15(2)32)28(34)31-14-18(13-29)26-21-11-19(35-3)8-9-20(21)24(33)12-23(26)31/h6-12,18,30,33H,4-5,13-14H2,1-3H3/t18-/m1/s1. The number of nitrogens with zero attached hydrogens (tertiary/aromatic N) is 1. The number of anilines is 1. The van der Waals surface area contributed by atoms with Crippen molar-refractivity contribution >= 4 is 50.7 Å². The van der Waals surface area contributed by atoms with Gasteiger partial charge >= 0.3 is 0 Å². The van der Waals surface area contributed by atoms with Crippen molar-refractivity contribution in [3.8, 4) is 11.5 Å². The quantitative estimate of drug-likeness (QED) is 0.250. The van der Waals surface area contributed by atoms with Crippen molar-refractivity contribution in [2.75, 3.05) is 24.4 Å². The van der Waals surface area contributed by atoms with Crippen molar-refractivity contribution in [3.05, 3.63) is 64.8 Å². The summed E-state index contributed by atoms with van der Waals surface area (Å²) in [4.78, 5) is 31.1. The van der Waals surface area contributed by atoms with E-state index in [1.165, 1.54) is 0 Å². The highest BCUT2D eigenvalue weighted by Crippen LogP contribution is 2.46. The number of halogens is 1. The zero-order chi connectivity index (χ0) is 24.9. The summed E-state index contributed by atoms with van der Waals surface area (Å²) >= 11 is 6.36. The Morgan fingerprint density at radius 2 is 1.97 bits per heavy atom. The maximum atomic E-state index is 13.8. The van der Waals surface area contributed by atoms with Crippen LogP contribution in [0.2, 0.25) is 0 Å². The number of rotatable bonds is 6. The summed E-state index contributed by atoms with van der Waals surface area (Å²) in [5, 5.41) is 13.1. The van der Waals surface area contributed by atoms with Crippen molar-refractivity contribution in [2.45, 2.75) is 32.6 Å². The van der Waals surface area contributed by atoms with Gasteiger partial charge in [-0.3, -0.25) is 9.59 Å². The zero-order valence-corrected chi connectivity index (χ0v) is 20.7. The van der Waals surface area contributed by atoms with Crippen molar-refractivity contribution in [3.63, 3.8) is 0 Å². The SMILES string of the molecule is CCCc1ccc2cc(C(=O)N3C[C@@H](CCl)c4c3cc(O)c3ccc(OC)cc43)[nH]c2c1C(C)=O. The second-order valence-corrected chi connectivity index (χ2v) is 9.37. The lowest BCUT2D eigenvalue weighted by molar-refractivity contribution is 0.0981. The maximum Gasteiger partial charge on any atom is 0.274 e. The largest absolute Gasteiger partial charge is 0.507 e. The number of hydrogen-bond donors (Lipinski definition) is 2. The number of Topliss-reactive ketones (excluding diaryl/α,β-unsaturated/α-hetero) is 1. The summed E-state index contributed by atoms with van der Waals surface area (Å²) in [6.07, 6.45) is 1.71. The highest BCUT2D eigenvalue weighted by molar-refractivity contribution is 6.19. The summed E-state index contributed by atoms with van der Waals surface area (Å²) in [5.41, 5.74) is 4.25. The fourth-order valence-electron chi connectivity index (χ4n) is 5.28. The first-order chi connectivity index (χ1) is 16.9. The summed E-state index contributed by atoms with van der Waals surface area (Å²) in [7, 11) is 1.59. The minimum Gasteiger partial charge on any atom is -0.507 e. The van der Waals surface area contributed by atoms with Crippen LogP contribution in [-0.4, -0.2) is 41.3 Å². The Bertz CT molecular complexity index is 1490. The molecule has 1 amide bonds. The first kappa shape index (κ1) is 23.2. The Morgan fingerprint density at radius 1 is 1.17 bits per heavy atom. The van der Waals surface area contributed by atoms with Crippen LogP contribution in [0.5, 0.6) is 11.5 Å². The number of carbonyl (C=O) groups excluding carboxylic acids is 2. The van der Waals surface area contributed by atoms with Crippen LogP contribution in [0.1, 0.15) is 58.2 Å². The number of hydrogen-bond acceptors (Lipinski definition) is 4. The number of ketones is 1. The number of benzene rings is 3. The normalized spacial score (nSPS) is 15.1. The first-order valence-corrected chi connectivity index (χ1v) is 12.3. The number of aryl methyl sites for hydroxylation is 1. The number of fused-ring (bicyclic) bond motifs is 4. The molecule has 0 saturated carbocycles. The van der Waals surface area contributed by atoms with Crippen molar-refractivity contribution in [2.24, 2.45) is 0 Å². The highest BCUT2D eigenvalue weighted by atomic mass is 35.5. The monoisotopic (exact) mass is 490 g/mol. The lowest BCUT2D eigenvalue weighted by atomic mass is 9.95. The Kier molecular flexibility index (Phi) is 5.93. The van der Waals surface area contributed by atoms with Crippen LogP contribution in [-0.2, 0) is 6.42 Å². The number of nitrogens with one attached hydrogen (secondary N) is 1. The number of phenolic OH excluding ortho intramolecular Hbond substituents is 1. The minimum atomic E-state index is -0.233. The molecule has 4 aromatic rings. The Balaban J connectivity index is 1.64. The topological polar surface area (TPSA) is 82.6 Å². The molecule has 0 fully saturated rings. The van der Waals surface area contributed by atoms with Crippen LogP contribution in [0, 0.1) is 0 Å². The van der Waals surface area contributed by atoms with Crippen LogP contribution in [0.3, 0.4) is 0 Å². The molecule has 7 heteroatoms. The number of aromatic amines is 1. The Hall–Kier alpha value is -3.51. The van der Waals surface area contributed by atoms with Gasteiger partial charge in [0.05, 0.1) is 18.3 Å². The predicted molar refractivity (Wildman–Crippen MR) is 140 cm³/mol. The average Bonchev–Trinajstić information content (AvgIpc) is 3.45. The third kappa shape index (κ3) is 3.73. The van der Waals surface area contributed by atoms with Crippen LogP contribution in [0.4, 0.5) is 5.69 Å². The fourth-order valence-corrected chi connectivity index (χ4v) is 5.54. The molecule has 180 valence electrons. The lowest BCUT2D eigenvalue weighted by Gasteiger charge is -2.18. The lowest BCUT2D eigenvalue weighted by Crippen LogP contribution is -2.30. The van der Waals surface area contributed by atoms with Gasteiger partial charge < -0.3 is 19.7 Å². The minimum absolute atomic E-state index is 0.0287. The molecule has 1 atom stereocenters. The van der Waals surface area contributed by atoms with Crippen LogP contribution in [0.25, 0.3) is 21.7 Å². The molecule has 0 spiro atoms. The number of methoxy groups -OCH3 is 1. The molecule has 1 aromatic heterocycles. The van der Waals surface area contributed by atoms with Gasteiger partial charge in [-0.05, 0) is 54.1 Å². The van der Waals surface area contributed by atoms with E-state index < -0.39 is 0 Å². The van der Waals surface area contributed by atoms with E-state index in [4.69, 9.17) is 16.3 Å². The van der Waals surface area contributed by atoms with E-state index in [1.54, 1.807) is 37.1 Å². The number of H-pyrrole nitrogens is 1. The molecule has 0 bridgehead atoms. The van der Waals surface area contributed by atoms with Gasteiger partial charge in [0.25, 0.3) is 5.91 Å².